The summed E-state index contributed by atoms with van der Waals surface area (Å²) >= 11 is 0. The van der Waals surface area contributed by atoms with E-state index in [0.717, 1.165) is 23.8 Å². The normalized spacial score (nSPS) is 12.3. The van der Waals surface area contributed by atoms with Crippen molar-refractivity contribution in [2.24, 2.45) is 5.41 Å². The predicted molar refractivity (Wildman–Crippen MR) is 130 cm³/mol. The van der Waals surface area contributed by atoms with Gasteiger partial charge in [0.1, 0.15) is 16.5 Å². The van der Waals surface area contributed by atoms with E-state index in [2.05, 4.69) is 0 Å². The van der Waals surface area contributed by atoms with E-state index in [4.69, 9.17) is 4.18 Å². The zero-order valence-electron chi connectivity index (χ0n) is 20.5. The molecule has 0 saturated carbocycles. The SMILES string of the molecule is CC(C)(C)CC(=O)N(Cc1ccc(F)cc1)Cc1ccc(OS(=O)(=O)c2cccc(C(F)(F)F)c2)cc1. The number of carbonyl (C=O) groups excluding carboxylic acids is 1. The maximum absolute atomic E-state index is 13.3. The van der Waals surface area contributed by atoms with Crippen LogP contribution in [-0.2, 0) is 34.2 Å². The van der Waals surface area contributed by atoms with Gasteiger partial charge >= 0.3 is 16.3 Å². The fraction of sp³-hybridized carbons (Fsp3) is 0.296. The fourth-order valence-electron chi connectivity index (χ4n) is 3.48. The molecular formula is C27H27F4NO4S. The molecular weight excluding hydrogens is 510 g/mol. The van der Waals surface area contributed by atoms with E-state index in [1.807, 2.05) is 20.8 Å². The highest BCUT2D eigenvalue weighted by Gasteiger charge is 2.32. The van der Waals surface area contributed by atoms with Crippen LogP contribution in [0.1, 0.15) is 43.9 Å². The molecule has 0 saturated heterocycles. The summed E-state index contributed by atoms with van der Waals surface area (Å²) in [7, 11) is -4.51. The topological polar surface area (TPSA) is 63.7 Å². The highest BCUT2D eigenvalue weighted by molar-refractivity contribution is 7.87. The van der Waals surface area contributed by atoms with Crippen LogP contribution in [0.4, 0.5) is 17.6 Å². The zero-order chi connectivity index (χ0) is 27.4. The lowest BCUT2D eigenvalue weighted by molar-refractivity contribution is -0.137. The van der Waals surface area contributed by atoms with Gasteiger partial charge in [-0.25, -0.2) is 4.39 Å². The van der Waals surface area contributed by atoms with Crippen LogP contribution in [0.2, 0.25) is 0 Å². The summed E-state index contributed by atoms with van der Waals surface area (Å²) in [5.41, 5.74) is 0.0609. The van der Waals surface area contributed by atoms with Crippen molar-refractivity contribution in [3.05, 3.63) is 95.3 Å². The number of rotatable bonds is 8. The molecule has 198 valence electrons. The van der Waals surface area contributed by atoms with Crippen LogP contribution in [0.25, 0.3) is 0 Å². The molecule has 3 rings (SSSR count). The van der Waals surface area contributed by atoms with E-state index in [9.17, 15) is 30.8 Å². The van der Waals surface area contributed by atoms with Crippen LogP contribution < -0.4 is 4.18 Å². The second-order valence-corrected chi connectivity index (χ2v) is 11.4. The van der Waals surface area contributed by atoms with Crippen molar-refractivity contribution in [3.8, 4) is 5.75 Å². The Bertz CT molecular complexity index is 1330. The second kappa shape index (κ2) is 10.9. The Morgan fingerprint density at radius 2 is 1.41 bits per heavy atom. The first kappa shape index (κ1) is 28.2. The zero-order valence-corrected chi connectivity index (χ0v) is 21.4. The molecule has 0 aliphatic carbocycles. The van der Waals surface area contributed by atoms with Gasteiger partial charge in [-0.05, 0) is 59.0 Å². The lowest BCUT2D eigenvalue weighted by Gasteiger charge is -2.27. The van der Waals surface area contributed by atoms with E-state index in [1.54, 1.807) is 29.2 Å². The molecule has 5 nitrogen and oxygen atoms in total. The molecule has 0 bridgehead atoms. The minimum atomic E-state index is -4.70. The number of hydrogen-bond acceptors (Lipinski definition) is 4. The van der Waals surface area contributed by atoms with Crippen LogP contribution in [-0.4, -0.2) is 19.2 Å². The molecule has 0 radical (unpaired) electrons. The molecule has 0 unspecified atom stereocenters. The average Bonchev–Trinajstić information content (AvgIpc) is 2.79. The third kappa shape index (κ3) is 8.31. The predicted octanol–water partition coefficient (Wildman–Crippen LogP) is 6.58. The Kier molecular flexibility index (Phi) is 8.32. The fourth-order valence-corrected chi connectivity index (χ4v) is 4.46. The van der Waals surface area contributed by atoms with Crippen molar-refractivity contribution in [3.63, 3.8) is 0 Å². The van der Waals surface area contributed by atoms with Gasteiger partial charge in [-0.15, -0.1) is 0 Å². The minimum absolute atomic E-state index is 0.0905. The van der Waals surface area contributed by atoms with E-state index in [0.29, 0.717) is 11.6 Å². The molecule has 0 atom stereocenters. The standard InChI is InChI=1S/C27H27F4NO4S/c1-26(2,3)16-25(33)32(17-19-7-11-22(28)12-8-19)18-20-9-13-23(14-10-20)36-37(34,35)24-6-4-5-21(15-24)27(29,30)31/h4-15H,16-18H2,1-3H3. The Morgan fingerprint density at radius 3 is 1.92 bits per heavy atom. The second-order valence-electron chi connectivity index (χ2n) is 9.82. The first-order valence-corrected chi connectivity index (χ1v) is 12.8. The lowest BCUT2D eigenvalue weighted by atomic mass is 9.91. The van der Waals surface area contributed by atoms with Crippen molar-refractivity contribution in [1.82, 2.24) is 4.90 Å². The molecule has 0 aromatic heterocycles. The number of alkyl halides is 3. The number of carbonyl (C=O) groups is 1. The maximum Gasteiger partial charge on any atom is 0.416 e. The van der Waals surface area contributed by atoms with E-state index >= 15 is 0 Å². The highest BCUT2D eigenvalue weighted by Crippen LogP contribution is 2.31. The van der Waals surface area contributed by atoms with Crippen LogP contribution in [0.5, 0.6) is 5.75 Å². The molecule has 37 heavy (non-hydrogen) atoms. The van der Waals surface area contributed by atoms with Crippen molar-refractivity contribution >= 4 is 16.0 Å². The quantitative estimate of drug-likeness (QED) is 0.241. The van der Waals surface area contributed by atoms with Gasteiger partial charge in [-0.2, -0.15) is 21.6 Å². The van der Waals surface area contributed by atoms with Gasteiger partial charge in [0.05, 0.1) is 5.56 Å². The molecule has 0 spiro atoms. The summed E-state index contributed by atoms with van der Waals surface area (Å²) in [6.45, 7) is 6.28. The summed E-state index contributed by atoms with van der Waals surface area (Å²) in [6.07, 6.45) is -4.41. The van der Waals surface area contributed by atoms with Crippen LogP contribution in [0, 0.1) is 11.2 Å². The molecule has 0 aliphatic heterocycles. The van der Waals surface area contributed by atoms with Gasteiger partial charge < -0.3 is 9.08 Å². The van der Waals surface area contributed by atoms with Gasteiger partial charge in [-0.1, -0.05) is 51.1 Å². The van der Waals surface area contributed by atoms with Crippen molar-refractivity contribution in [2.75, 3.05) is 0 Å². The van der Waals surface area contributed by atoms with Gasteiger partial charge in [-0.3, -0.25) is 4.79 Å². The average molecular weight is 538 g/mol. The van der Waals surface area contributed by atoms with E-state index < -0.39 is 26.8 Å². The number of nitrogens with zero attached hydrogens (tertiary/aromatic N) is 1. The van der Waals surface area contributed by atoms with Crippen LogP contribution in [0.15, 0.2) is 77.7 Å². The number of amides is 1. The van der Waals surface area contributed by atoms with E-state index in [-0.39, 0.29) is 42.4 Å². The van der Waals surface area contributed by atoms with Gasteiger partial charge in [0.2, 0.25) is 5.91 Å². The molecule has 0 heterocycles. The largest absolute Gasteiger partial charge is 0.416 e. The van der Waals surface area contributed by atoms with Crippen molar-refractivity contribution in [1.29, 1.82) is 0 Å². The van der Waals surface area contributed by atoms with Gasteiger partial charge in [0.15, 0.2) is 0 Å². The molecule has 10 heteroatoms. The van der Waals surface area contributed by atoms with E-state index in [1.165, 1.54) is 24.3 Å². The maximum atomic E-state index is 13.3. The first-order valence-electron chi connectivity index (χ1n) is 11.4. The lowest BCUT2D eigenvalue weighted by Crippen LogP contribution is -2.32. The Hall–Kier alpha value is -3.40. The van der Waals surface area contributed by atoms with Crippen molar-refractivity contribution < 1.29 is 35.0 Å². The monoisotopic (exact) mass is 537 g/mol. The molecule has 3 aromatic carbocycles. The molecule has 0 aliphatic rings. The minimum Gasteiger partial charge on any atom is -0.379 e. The Morgan fingerprint density at radius 1 is 0.865 bits per heavy atom. The van der Waals surface area contributed by atoms with Gasteiger partial charge in [0.25, 0.3) is 0 Å². The molecule has 0 N–H and O–H groups in total. The van der Waals surface area contributed by atoms with Gasteiger partial charge in [0, 0.05) is 19.5 Å². The summed E-state index contributed by atoms with van der Waals surface area (Å²) < 4.78 is 82.2. The van der Waals surface area contributed by atoms with Crippen LogP contribution in [0.3, 0.4) is 0 Å². The molecule has 1 amide bonds. The molecule has 0 fully saturated rings. The summed E-state index contributed by atoms with van der Waals surface area (Å²) in [5.74, 6) is -0.580. The smallest absolute Gasteiger partial charge is 0.379 e. The summed E-state index contributed by atoms with van der Waals surface area (Å²) in [5, 5.41) is 0. The Labute approximate surface area is 213 Å². The number of hydrogen-bond donors (Lipinski definition) is 0. The Balaban J connectivity index is 1.77. The third-order valence-electron chi connectivity index (χ3n) is 5.27. The third-order valence-corrected chi connectivity index (χ3v) is 6.52. The number of benzene rings is 3. The van der Waals surface area contributed by atoms with Crippen molar-refractivity contribution in [2.45, 2.75) is 51.4 Å². The molecule has 3 aromatic rings. The first-order chi connectivity index (χ1) is 17.1. The summed E-state index contributed by atoms with van der Waals surface area (Å²) in [4.78, 5) is 14.0. The highest BCUT2D eigenvalue weighted by atomic mass is 32.2. The van der Waals surface area contributed by atoms with Crippen LogP contribution >= 0.6 is 0 Å². The summed E-state index contributed by atoms with van der Waals surface area (Å²) in [6, 6.07) is 15.0. The number of halogens is 4.